The second kappa shape index (κ2) is 7.92. The van der Waals surface area contributed by atoms with E-state index in [9.17, 15) is 4.79 Å². The first-order valence-electron chi connectivity index (χ1n) is 8.44. The summed E-state index contributed by atoms with van der Waals surface area (Å²) < 4.78 is 5.10. The second-order valence-corrected chi connectivity index (χ2v) is 6.31. The maximum absolute atomic E-state index is 12.2. The third-order valence-electron chi connectivity index (χ3n) is 3.81. The summed E-state index contributed by atoms with van der Waals surface area (Å²) in [5.74, 6) is 0.234. The Kier molecular flexibility index (Phi) is 5.91. The lowest BCUT2D eigenvalue weighted by Crippen LogP contribution is -2.28. The Hall–Kier alpha value is -2.69. The zero-order valence-electron chi connectivity index (χ0n) is 15.4. The highest BCUT2D eigenvalue weighted by Crippen LogP contribution is 2.25. The molecule has 0 spiro atoms. The number of ether oxygens (including phenoxy) is 1. The molecular formula is C20H25N3O2. The lowest BCUT2D eigenvalue weighted by molar-refractivity contribution is -0.134. The Balaban J connectivity index is 2.62. The van der Waals surface area contributed by atoms with Crippen molar-refractivity contribution >= 4 is 23.0 Å². The van der Waals surface area contributed by atoms with Gasteiger partial charge in [0.1, 0.15) is 5.82 Å². The minimum atomic E-state index is -0.453. The SMILES string of the molecule is CCOC(=O)C1=N/C(=C(/C(C)=N)c2cccc(C)c2)NC(C(C)C)=C1. The molecule has 0 bridgehead atoms. The Morgan fingerprint density at radius 1 is 1.36 bits per heavy atom. The van der Waals surface area contributed by atoms with E-state index in [-0.39, 0.29) is 11.6 Å². The molecule has 1 aromatic rings. The fourth-order valence-electron chi connectivity index (χ4n) is 2.57. The van der Waals surface area contributed by atoms with E-state index in [1.165, 1.54) is 0 Å². The molecule has 2 N–H and O–H groups in total. The minimum Gasteiger partial charge on any atom is -0.461 e. The van der Waals surface area contributed by atoms with Crippen molar-refractivity contribution in [3.63, 3.8) is 0 Å². The van der Waals surface area contributed by atoms with E-state index in [2.05, 4.69) is 10.3 Å². The van der Waals surface area contributed by atoms with Crippen LogP contribution < -0.4 is 5.32 Å². The van der Waals surface area contributed by atoms with Gasteiger partial charge in [0.25, 0.3) is 0 Å². The van der Waals surface area contributed by atoms with Crippen molar-refractivity contribution in [3.05, 3.63) is 53.0 Å². The van der Waals surface area contributed by atoms with Gasteiger partial charge < -0.3 is 15.5 Å². The topological polar surface area (TPSA) is 74.5 Å². The zero-order valence-corrected chi connectivity index (χ0v) is 15.4. The molecule has 0 atom stereocenters. The molecule has 25 heavy (non-hydrogen) atoms. The number of aryl methyl sites for hydroxylation is 1. The van der Waals surface area contributed by atoms with Crippen LogP contribution >= 0.6 is 0 Å². The van der Waals surface area contributed by atoms with Gasteiger partial charge in [0.15, 0.2) is 5.71 Å². The highest BCUT2D eigenvalue weighted by Gasteiger charge is 2.22. The number of carbonyl (C=O) groups is 1. The van der Waals surface area contributed by atoms with Gasteiger partial charge in [-0.3, -0.25) is 0 Å². The summed E-state index contributed by atoms with van der Waals surface area (Å²) in [6, 6.07) is 7.91. The van der Waals surface area contributed by atoms with E-state index in [0.29, 0.717) is 23.7 Å². The normalized spacial score (nSPS) is 15.9. The quantitative estimate of drug-likeness (QED) is 0.632. The molecule has 0 amide bonds. The molecule has 132 valence electrons. The van der Waals surface area contributed by atoms with Gasteiger partial charge in [0.2, 0.25) is 0 Å². The molecule has 1 heterocycles. The summed E-state index contributed by atoms with van der Waals surface area (Å²) in [7, 11) is 0. The molecule has 0 aliphatic carbocycles. The van der Waals surface area contributed by atoms with Crippen molar-refractivity contribution in [2.75, 3.05) is 6.61 Å². The van der Waals surface area contributed by atoms with E-state index < -0.39 is 5.97 Å². The smallest absolute Gasteiger partial charge is 0.357 e. The van der Waals surface area contributed by atoms with Crippen LogP contribution in [0.1, 0.15) is 38.8 Å². The highest BCUT2D eigenvalue weighted by atomic mass is 16.5. The number of hydrogen-bond acceptors (Lipinski definition) is 5. The van der Waals surface area contributed by atoms with E-state index in [4.69, 9.17) is 10.1 Å². The predicted octanol–water partition coefficient (Wildman–Crippen LogP) is 3.85. The molecule has 0 aromatic heterocycles. The van der Waals surface area contributed by atoms with Crippen molar-refractivity contribution in [1.29, 1.82) is 5.41 Å². The van der Waals surface area contributed by atoms with Gasteiger partial charge in [-0.15, -0.1) is 0 Å². The average Bonchev–Trinajstić information content (AvgIpc) is 2.54. The molecule has 1 aliphatic rings. The van der Waals surface area contributed by atoms with Crippen LogP contribution in [0.15, 0.2) is 46.9 Å². The van der Waals surface area contributed by atoms with E-state index in [1.54, 1.807) is 19.9 Å². The fraction of sp³-hybridized carbons (Fsp3) is 0.350. The number of aliphatic imine (C=N–C) groups is 1. The number of carbonyl (C=O) groups excluding carboxylic acids is 1. The molecule has 0 fully saturated rings. The van der Waals surface area contributed by atoms with Crippen molar-refractivity contribution in [2.45, 2.75) is 34.6 Å². The van der Waals surface area contributed by atoms with Crippen molar-refractivity contribution in [1.82, 2.24) is 5.32 Å². The molecule has 0 saturated carbocycles. The van der Waals surface area contributed by atoms with Gasteiger partial charge in [-0.2, -0.15) is 0 Å². The lowest BCUT2D eigenvalue weighted by Gasteiger charge is -2.22. The van der Waals surface area contributed by atoms with Crippen LogP contribution in [0, 0.1) is 18.3 Å². The Bertz CT molecular complexity index is 786. The number of benzene rings is 1. The molecule has 5 nitrogen and oxygen atoms in total. The van der Waals surface area contributed by atoms with Crippen LogP contribution in [0.2, 0.25) is 0 Å². The number of allylic oxidation sites excluding steroid dienone is 2. The van der Waals surface area contributed by atoms with Crippen LogP contribution in [-0.2, 0) is 9.53 Å². The van der Waals surface area contributed by atoms with Crippen LogP contribution in [0.25, 0.3) is 5.57 Å². The summed E-state index contributed by atoms with van der Waals surface area (Å²) in [6.07, 6.45) is 1.72. The van der Waals surface area contributed by atoms with E-state index >= 15 is 0 Å². The maximum Gasteiger partial charge on any atom is 0.357 e. The summed E-state index contributed by atoms with van der Waals surface area (Å²) >= 11 is 0. The van der Waals surface area contributed by atoms with Crippen molar-refractivity contribution in [3.8, 4) is 0 Å². The summed E-state index contributed by atoms with van der Waals surface area (Å²) in [4.78, 5) is 16.6. The fourth-order valence-corrected chi connectivity index (χ4v) is 2.57. The lowest BCUT2D eigenvalue weighted by atomic mass is 9.98. The standard InChI is InChI=1S/C20H25N3O2/c1-6-25-20(24)17-11-16(12(2)3)22-19(23-17)18(14(5)21)15-9-7-8-13(4)10-15/h7-12,21-22H,6H2,1-5H3/b19-18-,21-14?. The molecule has 1 aliphatic heterocycles. The van der Waals surface area contributed by atoms with Crippen LogP contribution in [0.3, 0.4) is 0 Å². The average molecular weight is 339 g/mol. The third-order valence-corrected chi connectivity index (χ3v) is 3.81. The van der Waals surface area contributed by atoms with Gasteiger partial charge in [0.05, 0.1) is 6.61 Å². The maximum atomic E-state index is 12.2. The van der Waals surface area contributed by atoms with Crippen LogP contribution in [0.4, 0.5) is 0 Å². The van der Waals surface area contributed by atoms with E-state index in [1.807, 2.05) is 45.0 Å². The highest BCUT2D eigenvalue weighted by molar-refractivity contribution is 6.42. The second-order valence-electron chi connectivity index (χ2n) is 6.31. The van der Waals surface area contributed by atoms with Gasteiger partial charge in [-0.25, -0.2) is 9.79 Å². The number of hydrogen-bond donors (Lipinski definition) is 2. The molecular weight excluding hydrogens is 314 g/mol. The number of nitrogens with one attached hydrogen (secondary N) is 2. The molecule has 5 heteroatoms. The molecule has 2 rings (SSSR count). The predicted molar refractivity (Wildman–Crippen MR) is 102 cm³/mol. The van der Waals surface area contributed by atoms with E-state index in [0.717, 1.165) is 16.8 Å². The van der Waals surface area contributed by atoms with Crippen LogP contribution in [-0.4, -0.2) is 24.0 Å². The minimum absolute atomic E-state index is 0.180. The van der Waals surface area contributed by atoms with Gasteiger partial charge in [0, 0.05) is 17.0 Å². The Labute approximate surface area is 149 Å². The van der Waals surface area contributed by atoms with Gasteiger partial charge in [-0.1, -0.05) is 43.7 Å². The largest absolute Gasteiger partial charge is 0.461 e. The first kappa shape index (κ1) is 18.6. The summed E-state index contributed by atoms with van der Waals surface area (Å²) in [6.45, 7) is 9.86. The monoisotopic (exact) mass is 339 g/mol. The first-order chi connectivity index (χ1) is 11.8. The zero-order chi connectivity index (χ0) is 18.6. The Morgan fingerprint density at radius 3 is 2.64 bits per heavy atom. The summed E-state index contributed by atoms with van der Waals surface area (Å²) in [5.41, 5.74) is 4.18. The molecule has 1 aromatic carbocycles. The molecule has 0 unspecified atom stereocenters. The Morgan fingerprint density at radius 2 is 2.08 bits per heavy atom. The molecule has 0 radical (unpaired) electrons. The number of rotatable bonds is 5. The van der Waals surface area contributed by atoms with Crippen molar-refractivity contribution < 1.29 is 9.53 Å². The van der Waals surface area contributed by atoms with Crippen molar-refractivity contribution in [2.24, 2.45) is 10.9 Å². The van der Waals surface area contributed by atoms with Gasteiger partial charge >= 0.3 is 5.97 Å². The number of nitrogens with zero attached hydrogens (tertiary/aromatic N) is 1. The van der Waals surface area contributed by atoms with Crippen LogP contribution in [0.5, 0.6) is 0 Å². The summed E-state index contributed by atoms with van der Waals surface area (Å²) in [5, 5.41) is 11.5. The third kappa shape index (κ3) is 4.44. The first-order valence-corrected chi connectivity index (χ1v) is 8.44. The van der Waals surface area contributed by atoms with Gasteiger partial charge in [-0.05, 0) is 38.3 Å². The number of esters is 1. The molecule has 0 saturated heterocycles.